The molecule has 0 bridgehead atoms. The predicted octanol–water partition coefficient (Wildman–Crippen LogP) is 1.23. The first-order valence-corrected chi connectivity index (χ1v) is 6.52. The molecule has 0 spiro atoms. The van der Waals surface area contributed by atoms with Gasteiger partial charge in [0.05, 0.1) is 0 Å². The lowest BCUT2D eigenvalue weighted by Crippen LogP contribution is -2.44. The summed E-state index contributed by atoms with van der Waals surface area (Å²) in [5.74, 6) is -0.330. The number of likely N-dealkylation sites (tertiary alicyclic amines) is 1. The molecule has 2 N–H and O–H groups in total. The number of benzene rings is 1. The first-order valence-electron chi connectivity index (χ1n) is 6.52. The standard InChI is InChI=1S/C14H19N3O2/c18-14(10-15-19)16-13-6-8-17(9-7-13)11-12-4-2-1-3-5-12/h1-5,10,13,19H,6-9,11H2,(H,16,18). The van der Waals surface area contributed by atoms with Crippen LogP contribution in [0.1, 0.15) is 18.4 Å². The van der Waals surface area contributed by atoms with Crippen LogP contribution in [0.5, 0.6) is 0 Å². The van der Waals surface area contributed by atoms with Crippen molar-refractivity contribution in [1.82, 2.24) is 10.2 Å². The fraction of sp³-hybridized carbons (Fsp3) is 0.429. The van der Waals surface area contributed by atoms with Gasteiger partial charge in [0.2, 0.25) is 0 Å². The minimum atomic E-state index is -0.330. The molecule has 1 aromatic rings. The molecule has 1 aromatic carbocycles. The number of carbonyl (C=O) groups excluding carboxylic acids is 1. The van der Waals surface area contributed by atoms with Crippen molar-refractivity contribution in [3.63, 3.8) is 0 Å². The number of nitrogens with one attached hydrogen (secondary N) is 1. The molecule has 1 saturated heterocycles. The topological polar surface area (TPSA) is 64.9 Å². The largest absolute Gasteiger partial charge is 0.411 e. The van der Waals surface area contributed by atoms with Gasteiger partial charge in [-0.15, -0.1) is 0 Å². The van der Waals surface area contributed by atoms with Crippen LogP contribution in [0.15, 0.2) is 35.5 Å². The average molecular weight is 261 g/mol. The Morgan fingerprint density at radius 1 is 1.37 bits per heavy atom. The molecule has 0 radical (unpaired) electrons. The average Bonchev–Trinajstić information content (AvgIpc) is 2.42. The third-order valence-corrected chi connectivity index (χ3v) is 3.36. The molecule has 1 heterocycles. The molecule has 1 aliphatic rings. The second kappa shape index (κ2) is 6.89. The fourth-order valence-corrected chi connectivity index (χ4v) is 2.37. The molecule has 102 valence electrons. The number of hydrogen-bond donors (Lipinski definition) is 2. The van der Waals surface area contributed by atoms with Crippen LogP contribution in [-0.2, 0) is 11.3 Å². The van der Waals surface area contributed by atoms with Crippen LogP contribution < -0.4 is 5.32 Å². The Balaban J connectivity index is 1.75. The summed E-state index contributed by atoms with van der Waals surface area (Å²) in [6, 6.07) is 10.6. The van der Waals surface area contributed by atoms with Crippen LogP contribution in [0.3, 0.4) is 0 Å². The lowest BCUT2D eigenvalue weighted by atomic mass is 10.0. The van der Waals surface area contributed by atoms with Crippen molar-refractivity contribution in [1.29, 1.82) is 0 Å². The van der Waals surface area contributed by atoms with Crippen LogP contribution >= 0.6 is 0 Å². The summed E-state index contributed by atoms with van der Waals surface area (Å²) in [6.45, 7) is 2.89. The van der Waals surface area contributed by atoms with Crippen molar-refractivity contribution in [2.75, 3.05) is 13.1 Å². The second-order valence-electron chi connectivity index (χ2n) is 4.79. The van der Waals surface area contributed by atoms with Gasteiger partial charge in [-0.25, -0.2) is 0 Å². The van der Waals surface area contributed by atoms with Crippen molar-refractivity contribution in [2.24, 2.45) is 5.16 Å². The number of amides is 1. The van der Waals surface area contributed by atoms with Crippen molar-refractivity contribution in [3.05, 3.63) is 35.9 Å². The van der Waals surface area contributed by atoms with Crippen LogP contribution in [0.4, 0.5) is 0 Å². The second-order valence-corrected chi connectivity index (χ2v) is 4.79. The molecule has 0 aliphatic carbocycles. The molecule has 5 heteroatoms. The van der Waals surface area contributed by atoms with Gasteiger partial charge >= 0.3 is 0 Å². The van der Waals surface area contributed by atoms with Gasteiger partial charge < -0.3 is 10.5 Å². The van der Waals surface area contributed by atoms with E-state index in [-0.39, 0.29) is 11.9 Å². The molecule has 1 amide bonds. The molecule has 0 saturated carbocycles. The van der Waals surface area contributed by atoms with Crippen molar-refractivity contribution in [3.8, 4) is 0 Å². The lowest BCUT2D eigenvalue weighted by molar-refractivity contribution is -0.115. The number of piperidine rings is 1. The minimum Gasteiger partial charge on any atom is -0.411 e. The quantitative estimate of drug-likeness (QED) is 0.487. The molecule has 5 nitrogen and oxygen atoms in total. The zero-order chi connectivity index (χ0) is 13.5. The molecule has 0 aromatic heterocycles. The Kier molecular flexibility index (Phi) is 4.92. The highest BCUT2D eigenvalue weighted by atomic mass is 16.4. The third-order valence-electron chi connectivity index (χ3n) is 3.36. The van der Waals surface area contributed by atoms with Gasteiger partial charge in [-0.2, -0.15) is 0 Å². The number of rotatable bonds is 4. The van der Waals surface area contributed by atoms with E-state index < -0.39 is 0 Å². The van der Waals surface area contributed by atoms with Crippen LogP contribution in [0.25, 0.3) is 0 Å². The summed E-state index contributed by atoms with van der Waals surface area (Å²) in [5.41, 5.74) is 1.32. The van der Waals surface area contributed by atoms with E-state index in [1.165, 1.54) is 5.56 Å². The van der Waals surface area contributed by atoms with Gasteiger partial charge in [0.25, 0.3) is 5.91 Å². The molecule has 0 atom stereocenters. The van der Waals surface area contributed by atoms with Gasteiger partial charge in [-0.1, -0.05) is 35.5 Å². The lowest BCUT2D eigenvalue weighted by Gasteiger charge is -2.32. The summed E-state index contributed by atoms with van der Waals surface area (Å²) < 4.78 is 0. The first kappa shape index (κ1) is 13.5. The monoisotopic (exact) mass is 261 g/mol. The molecule has 19 heavy (non-hydrogen) atoms. The Bertz CT molecular complexity index is 426. The number of hydrogen-bond acceptors (Lipinski definition) is 4. The van der Waals surface area contributed by atoms with Crippen molar-refractivity contribution >= 4 is 12.1 Å². The fourth-order valence-electron chi connectivity index (χ4n) is 2.37. The van der Waals surface area contributed by atoms with E-state index in [1.807, 2.05) is 6.07 Å². The minimum absolute atomic E-state index is 0.178. The highest BCUT2D eigenvalue weighted by molar-refractivity contribution is 6.26. The van der Waals surface area contributed by atoms with E-state index in [9.17, 15) is 4.79 Å². The van der Waals surface area contributed by atoms with E-state index in [0.29, 0.717) is 0 Å². The van der Waals surface area contributed by atoms with E-state index in [0.717, 1.165) is 38.7 Å². The first-order chi connectivity index (χ1) is 9.28. The van der Waals surface area contributed by atoms with Gasteiger partial charge in [0.15, 0.2) is 0 Å². The van der Waals surface area contributed by atoms with Crippen molar-refractivity contribution in [2.45, 2.75) is 25.4 Å². The molecular weight excluding hydrogens is 242 g/mol. The molecule has 0 unspecified atom stereocenters. The van der Waals surface area contributed by atoms with E-state index >= 15 is 0 Å². The van der Waals surface area contributed by atoms with Crippen LogP contribution in [-0.4, -0.2) is 41.4 Å². The smallest absolute Gasteiger partial charge is 0.266 e. The van der Waals surface area contributed by atoms with Gasteiger partial charge in [0, 0.05) is 25.7 Å². The van der Waals surface area contributed by atoms with Crippen LogP contribution in [0, 0.1) is 0 Å². The molecule has 1 fully saturated rings. The summed E-state index contributed by atoms with van der Waals surface area (Å²) in [5, 5.41) is 13.8. The Morgan fingerprint density at radius 2 is 2.05 bits per heavy atom. The van der Waals surface area contributed by atoms with E-state index in [1.54, 1.807) is 0 Å². The molecule has 2 rings (SSSR count). The predicted molar refractivity (Wildman–Crippen MR) is 73.2 cm³/mol. The zero-order valence-electron chi connectivity index (χ0n) is 10.8. The summed E-state index contributed by atoms with van der Waals surface area (Å²) >= 11 is 0. The van der Waals surface area contributed by atoms with Crippen molar-refractivity contribution < 1.29 is 10.0 Å². The maximum Gasteiger partial charge on any atom is 0.266 e. The summed E-state index contributed by atoms with van der Waals surface area (Å²) in [7, 11) is 0. The highest BCUT2D eigenvalue weighted by Crippen LogP contribution is 2.13. The molecule has 1 aliphatic heterocycles. The van der Waals surface area contributed by atoms with Gasteiger partial charge in [0.1, 0.15) is 6.21 Å². The van der Waals surface area contributed by atoms with E-state index in [2.05, 4.69) is 39.6 Å². The van der Waals surface area contributed by atoms with Gasteiger partial charge in [-0.3, -0.25) is 9.69 Å². The summed E-state index contributed by atoms with van der Waals surface area (Å²) in [4.78, 5) is 13.6. The van der Waals surface area contributed by atoms with E-state index in [4.69, 9.17) is 5.21 Å². The number of carbonyl (C=O) groups is 1. The zero-order valence-corrected chi connectivity index (χ0v) is 10.8. The Morgan fingerprint density at radius 3 is 2.68 bits per heavy atom. The number of oxime groups is 1. The maximum atomic E-state index is 11.2. The SMILES string of the molecule is O=C(C=NO)NC1CCN(Cc2ccccc2)CC1. The number of nitrogens with zero attached hydrogens (tertiary/aromatic N) is 2. The van der Waals surface area contributed by atoms with Crippen LogP contribution in [0.2, 0.25) is 0 Å². The molecular formula is C14H19N3O2. The summed E-state index contributed by atoms with van der Waals surface area (Å²) in [6.07, 6.45) is 2.76. The Hall–Kier alpha value is -1.88. The normalized spacial score (nSPS) is 17.7. The third kappa shape index (κ3) is 4.37. The Labute approximate surface area is 112 Å². The highest BCUT2D eigenvalue weighted by Gasteiger charge is 2.20. The van der Waals surface area contributed by atoms with Gasteiger partial charge in [-0.05, 0) is 18.4 Å². The maximum absolute atomic E-state index is 11.2.